The van der Waals surface area contributed by atoms with E-state index in [-0.39, 0.29) is 28.0 Å². The molecule has 0 fully saturated rings. The molecule has 0 radical (unpaired) electrons. The molecule has 1 aliphatic heterocycles. The Morgan fingerprint density at radius 1 is 1.00 bits per heavy atom. The van der Waals surface area contributed by atoms with Gasteiger partial charge in [0.15, 0.2) is 5.82 Å². The van der Waals surface area contributed by atoms with Crippen LogP contribution in [0.2, 0.25) is 0 Å². The Bertz CT molecular complexity index is 1460. The molecule has 0 saturated carbocycles. The Morgan fingerprint density at radius 2 is 1.75 bits per heavy atom. The molecule has 2 aromatic carbocycles. The first-order chi connectivity index (χ1) is 15.3. The number of halogens is 2. The number of carbonyl (C=O) groups is 1. The van der Waals surface area contributed by atoms with Crippen LogP contribution >= 0.6 is 0 Å². The third-order valence-corrected chi connectivity index (χ3v) is 5.56. The van der Waals surface area contributed by atoms with Gasteiger partial charge in [-0.25, -0.2) is 13.6 Å². The van der Waals surface area contributed by atoms with Crippen molar-refractivity contribution in [2.24, 2.45) is 0 Å². The van der Waals surface area contributed by atoms with Crippen LogP contribution in [0.15, 0.2) is 59.8 Å². The predicted molar refractivity (Wildman–Crippen MR) is 112 cm³/mol. The van der Waals surface area contributed by atoms with Gasteiger partial charge in [-0.2, -0.15) is 0 Å². The average molecular weight is 435 g/mol. The number of nitrogens with zero attached hydrogens (tertiary/aromatic N) is 3. The zero-order valence-corrected chi connectivity index (χ0v) is 16.4. The number of phenols is 1. The molecule has 32 heavy (non-hydrogen) atoms. The second-order valence-electron chi connectivity index (χ2n) is 7.50. The van der Waals surface area contributed by atoms with Crippen LogP contribution in [0.4, 0.5) is 14.5 Å². The molecule has 0 atom stereocenters. The monoisotopic (exact) mass is 435 g/mol. The van der Waals surface area contributed by atoms with Gasteiger partial charge in [0.1, 0.15) is 17.1 Å². The number of aromatic hydroxyl groups is 1. The van der Waals surface area contributed by atoms with E-state index in [0.29, 0.717) is 13.1 Å². The molecule has 0 aliphatic carbocycles. The predicted octanol–water partition coefficient (Wildman–Crippen LogP) is 3.59. The third-order valence-electron chi connectivity index (χ3n) is 5.56. The number of benzene rings is 2. The highest BCUT2D eigenvalue weighted by molar-refractivity contribution is 5.94. The fourth-order valence-corrected chi connectivity index (χ4v) is 4.01. The first kappa shape index (κ1) is 19.7. The van der Waals surface area contributed by atoms with Crippen LogP contribution in [-0.4, -0.2) is 25.7 Å². The normalized spacial score (nSPS) is 12.9. The Kier molecular flexibility index (Phi) is 4.40. The Hall–Kier alpha value is -4.27. The van der Waals surface area contributed by atoms with Crippen LogP contribution in [0.3, 0.4) is 0 Å². The molecule has 9 heteroatoms. The van der Waals surface area contributed by atoms with Crippen LogP contribution in [0.5, 0.6) is 5.75 Å². The summed E-state index contributed by atoms with van der Waals surface area (Å²) in [5.41, 5.74) is 0.651. The standard InChI is InChI=1S/C23H15F2N3O4/c24-17-5-14(29)1-2-19(17)28-11-16(23(31)32)22(30)15-6-18(25)21(7-20(15)28)27-9-12-3-4-26-8-13(12)10-27/h1-8,11,29H,9-10H2,(H,31,32). The van der Waals surface area contributed by atoms with Crippen molar-refractivity contribution in [3.8, 4) is 11.4 Å². The summed E-state index contributed by atoms with van der Waals surface area (Å²) in [5, 5.41) is 18.8. The van der Waals surface area contributed by atoms with E-state index in [9.17, 15) is 24.2 Å². The maximum absolute atomic E-state index is 15.1. The highest BCUT2D eigenvalue weighted by Crippen LogP contribution is 2.33. The van der Waals surface area contributed by atoms with E-state index >= 15 is 4.39 Å². The highest BCUT2D eigenvalue weighted by Gasteiger charge is 2.24. The number of hydrogen-bond acceptors (Lipinski definition) is 5. The highest BCUT2D eigenvalue weighted by atomic mass is 19.1. The number of carboxylic acid groups (broad SMARTS) is 1. The van der Waals surface area contributed by atoms with Crippen LogP contribution < -0.4 is 10.3 Å². The molecule has 0 unspecified atom stereocenters. The summed E-state index contributed by atoms with van der Waals surface area (Å²) >= 11 is 0. The minimum atomic E-state index is -1.52. The molecule has 160 valence electrons. The van der Waals surface area contributed by atoms with Gasteiger partial charge in [0.2, 0.25) is 5.43 Å². The lowest BCUT2D eigenvalue weighted by molar-refractivity contribution is 0.0695. The largest absolute Gasteiger partial charge is 0.508 e. The molecular weight excluding hydrogens is 420 g/mol. The van der Waals surface area contributed by atoms with Crippen molar-refractivity contribution in [2.45, 2.75) is 13.1 Å². The second kappa shape index (κ2) is 7.16. The topological polar surface area (TPSA) is 95.7 Å². The Morgan fingerprint density at radius 3 is 2.47 bits per heavy atom. The fourth-order valence-electron chi connectivity index (χ4n) is 4.01. The number of anilines is 1. The summed E-state index contributed by atoms with van der Waals surface area (Å²) in [5.74, 6) is -3.37. The van der Waals surface area contributed by atoms with Crippen molar-refractivity contribution < 1.29 is 23.8 Å². The number of phenolic OH excluding ortho intramolecular Hbond substituents is 1. The van der Waals surface area contributed by atoms with Gasteiger partial charge >= 0.3 is 5.97 Å². The minimum Gasteiger partial charge on any atom is -0.508 e. The zero-order chi connectivity index (χ0) is 22.6. The van der Waals surface area contributed by atoms with Crippen molar-refractivity contribution in [2.75, 3.05) is 4.90 Å². The zero-order valence-electron chi connectivity index (χ0n) is 16.4. The number of aromatic nitrogens is 2. The SMILES string of the molecule is O=C(O)c1cn(-c2ccc(O)cc2F)c2cc(N3Cc4ccncc4C3)c(F)cc2c1=O. The average Bonchev–Trinajstić information content (AvgIpc) is 3.18. The van der Waals surface area contributed by atoms with Crippen LogP contribution in [-0.2, 0) is 13.1 Å². The van der Waals surface area contributed by atoms with Crippen molar-refractivity contribution in [1.82, 2.24) is 9.55 Å². The summed E-state index contributed by atoms with van der Waals surface area (Å²) in [6, 6.07) is 7.58. The lowest BCUT2D eigenvalue weighted by Crippen LogP contribution is -2.21. The van der Waals surface area contributed by atoms with Gasteiger partial charge in [-0.05, 0) is 41.5 Å². The molecule has 4 aromatic rings. The van der Waals surface area contributed by atoms with Crippen LogP contribution in [0.1, 0.15) is 21.5 Å². The van der Waals surface area contributed by atoms with Crippen molar-refractivity contribution in [3.05, 3.63) is 93.5 Å². The summed E-state index contributed by atoms with van der Waals surface area (Å²) in [6.07, 6.45) is 4.36. The first-order valence-corrected chi connectivity index (χ1v) is 9.61. The maximum Gasteiger partial charge on any atom is 0.341 e. The van der Waals surface area contributed by atoms with Gasteiger partial charge in [0.25, 0.3) is 0 Å². The molecule has 7 nitrogen and oxygen atoms in total. The van der Waals surface area contributed by atoms with E-state index in [4.69, 9.17) is 0 Å². The fraction of sp³-hybridized carbons (Fsp3) is 0.0870. The third kappa shape index (κ3) is 3.06. The number of pyridine rings is 2. The molecule has 2 aromatic heterocycles. The number of fused-ring (bicyclic) bond motifs is 2. The van der Waals surface area contributed by atoms with Gasteiger partial charge < -0.3 is 19.7 Å². The Labute approximate surface area is 179 Å². The number of hydrogen-bond donors (Lipinski definition) is 2. The van der Waals surface area contributed by atoms with Gasteiger partial charge in [-0.15, -0.1) is 0 Å². The number of rotatable bonds is 3. The summed E-state index contributed by atoms with van der Waals surface area (Å²) < 4.78 is 31.0. The van der Waals surface area contributed by atoms with Crippen molar-refractivity contribution >= 4 is 22.6 Å². The van der Waals surface area contributed by atoms with Gasteiger partial charge in [0.05, 0.1) is 16.9 Å². The molecule has 0 amide bonds. The van der Waals surface area contributed by atoms with Gasteiger partial charge in [0, 0.05) is 43.1 Å². The summed E-state index contributed by atoms with van der Waals surface area (Å²) in [7, 11) is 0. The lowest BCUT2D eigenvalue weighted by atomic mass is 10.1. The Balaban J connectivity index is 1.77. The smallest absolute Gasteiger partial charge is 0.341 e. The van der Waals surface area contributed by atoms with Crippen molar-refractivity contribution in [3.63, 3.8) is 0 Å². The molecule has 1 aliphatic rings. The summed E-state index contributed by atoms with van der Waals surface area (Å²) in [6.45, 7) is 0.821. The molecule has 3 heterocycles. The molecule has 5 rings (SSSR count). The van der Waals surface area contributed by atoms with E-state index in [1.165, 1.54) is 22.8 Å². The molecule has 0 spiro atoms. The molecular formula is C23H15F2N3O4. The molecule has 0 bridgehead atoms. The molecule has 0 saturated heterocycles. The van der Waals surface area contributed by atoms with Crippen LogP contribution in [0.25, 0.3) is 16.6 Å². The van der Waals surface area contributed by atoms with Gasteiger partial charge in [-0.1, -0.05) is 0 Å². The lowest BCUT2D eigenvalue weighted by Gasteiger charge is -2.21. The minimum absolute atomic E-state index is 0.0956. The second-order valence-corrected chi connectivity index (χ2v) is 7.50. The van der Waals surface area contributed by atoms with E-state index in [0.717, 1.165) is 29.5 Å². The quantitative estimate of drug-likeness (QED) is 0.511. The van der Waals surface area contributed by atoms with Crippen LogP contribution in [0, 0.1) is 11.6 Å². The first-order valence-electron chi connectivity index (χ1n) is 9.61. The number of aromatic carboxylic acids is 1. The van der Waals surface area contributed by atoms with E-state index in [2.05, 4.69) is 4.98 Å². The summed E-state index contributed by atoms with van der Waals surface area (Å²) in [4.78, 5) is 30.2. The van der Waals surface area contributed by atoms with E-state index in [1.54, 1.807) is 17.3 Å². The maximum atomic E-state index is 15.1. The van der Waals surface area contributed by atoms with E-state index < -0.39 is 28.6 Å². The molecule has 2 N–H and O–H groups in total. The van der Waals surface area contributed by atoms with Crippen molar-refractivity contribution in [1.29, 1.82) is 0 Å². The van der Waals surface area contributed by atoms with Gasteiger partial charge in [-0.3, -0.25) is 9.78 Å². The van der Waals surface area contributed by atoms with E-state index in [1.807, 2.05) is 6.07 Å². The number of carboxylic acids is 1.